The summed E-state index contributed by atoms with van der Waals surface area (Å²) in [6.07, 6.45) is 0. The van der Waals surface area contributed by atoms with Crippen LogP contribution in [0.3, 0.4) is 0 Å². The third kappa shape index (κ3) is 1.39. The van der Waals surface area contributed by atoms with Gasteiger partial charge >= 0.3 is 5.97 Å². The Bertz CT molecular complexity index is 518. The lowest BCUT2D eigenvalue weighted by molar-refractivity contribution is 0.0696. The van der Waals surface area contributed by atoms with Crippen LogP contribution in [-0.4, -0.2) is 16.1 Å². The van der Waals surface area contributed by atoms with Gasteiger partial charge in [0.05, 0.1) is 5.56 Å². The number of benzene rings is 1. The molecule has 0 aliphatic rings. The van der Waals surface area contributed by atoms with Gasteiger partial charge in [-0.15, -0.1) is 0 Å². The zero-order valence-corrected chi connectivity index (χ0v) is 8.83. The van der Waals surface area contributed by atoms with E-state index in [4.69, 9.17) is 9.52 Å². The number of rotatable bonds is 1. The predicted molar refractivity (Wildman–Crippen MR) is 53.4 cm³/mol. The number of carboxylic acids is 1. The highest BCUT2D eigenvalue weighted by atomic mass is 79.9. The molecule has 14 heavy (non-hydrogen) atoms. The molecule has 1 N–H and O–H groups in total. The van der Waals surface area contributed by atoms with Crippen molar-refractivity contribution in [1.82, 2.24) is 4.98 Å². The lowest BCUT2D eigenvalue weighted by Crippen LogP contribution is -1.96. The first-order chi connectivity index (χ1) is 6.58. The van der Waals surface area contributed by atoms with Crippen LogP contribution < -0.4 is 0 Å². The number of carbonyl (C=O) groups is 1. The summed E-state index contributed by atoms with van der Waals surface area (Å²) in [7, 11) is 0. The lowest BCUT2D eigenvalue weighted by Gasteiger charge is -1.96. The fourth-order valence-electron chi connectivity index (χ4n) is 1.23. The zero-order valence-electron chi connectivity index (χ0n) is 7.24. The summed E-state index contributed by atoms with van der Waals surface area (Å²) in [5, 5.41) is 8.84. The van der Waals surface area contributed by atoms with E-state index in [1.807, 2.05) is 0 Å². The van der Waals surface area contributed by atoms with Gasteiger partial charge in [-0.1, -0.05) is 0 Å². The Hall–Kier alpha value is -1.36. The van der Waals surface area contributed by atoms with E-state index >= 15 is 0 Å². The maximum absolute atomic E-state index is 10.8. The van der Waals surface area contributed by atoms with Crippen LogP contribution in [0, 0.1) is 6.92 Å². The number of nitrogens with zero attached hydrogens (tertiary/aromatic N) is 1. The molecule has 0 saturated heterocycles. The van der Waals surface area contributed by atoms with Gasteiger partial charge in [0, 0.05) is 11.4 Å². The molecule has 0 unspecified atom stereocenters. The summed E-state index contributed by atoms with van der Waals surface area (Å²) in [5.74, 6) is -0.470. The molecule has 0 bridgehead atoms. The molecule has 0 aliphatic heterocycles. The number of aryl methyl sites for hydroxylation is 1. The maximum atomic E-state index is 10.8. The van der Waals surface area contributed by atoms with Crippen LogP contribution in [0.1, 0.15) is 16.2 Å². The Morgan fingerprint density at radius 3 is 2.93 bits per heavy atom. The fraction of sp³-hybridized carbons (Fsp3) is 0.111. The van der Waals surface area contributed by atoms with Crippen molar-refractivity contribution in [3.05, 3.63) is 28.1 Å². The average Bonchev–Trinajstić information content (AvgIpc) is 2.42. The summed E-state index contributed by atoms with van der Waals surface area (Å²) >= 11 is 3.16. The van der Waals surface area contributed by atoms with Gasteiger partial charge in [-0.05, 0) is 28.1 Å². The molecular weight excluding hydrogens is 250 g/mol. The third-order valence-corrected chi connectivity index (χ3v) is 2.47. The Morgan fingerprint density at radius 2 is 2.29 bits per heavy atom. The number of aromatic carboxylic acids is 1. The second-order valence-corrected chi connectivity index (χ2v) is 3.69. The van der Waals surface area contributed by atoms with Crippen molar-refractivity contribution < 1.29 is 14.3 Å². The SMILES string of the molecule is Cc1nc2cc(Br)c(C(=O)O)cc2o1. The lowest BCUT2D eigenvalue weighted by atomic mass is 10.2. The van der Waals surface area contributed by atoms with Crippen LogP contribution in [-0.2, 0) is 0 Å². The summed E-state index contributed by atoms with van der Waals surface area (Å²) in [5.41, 5.74) is 1.32. The monoisotopic (exact) mass is 255 g/mol. The Labute approximate surface area is 87.7 Å². The number of oxazole rings is 1. The minimum Gasteiger partial charge on any atom is -0.478 e. The Kier molecular flexibility index (Phi) is 2.03. The minimum absolute atomic E-state index is 0.175. The highest BCUT2D eigenvalue weighted by Gasteiger charge is 2.12. The molecule has 1 heterocycles. The summed E-state index contributed by atoms with van der Waals surface area (Å²) in [6.45, 7) is 1.72. The van der Waals surface area contributed by atoms with E-state index in [1.54, 1.807) is 13.0 Å². The summed E-state index contributed by atoms with van der Waals surface area (Å²) < 4.78 is 5.72. The van der Waals surface area contributed by atoms with Gasteiger partial charge in [-0.25, -0.2) is 9.78 Å². The number of hydrogen-bond acceptors (Lipinski definition) is 3. The van der Waals surface area contributed by atoms with E-state index in [2.05, 4.69) is 20.9 Å². The highest BCUT2D eigenvalue weighted by molar-refractivity contribution is 9.10. The molecule has 0 amide bonds. The molecule has 0 saturated carbocycles. The number of aromatic nitrogens is 1. The number of carboxylic acid groups (broad SMARTS) is 1. The van der Waals surface area contributed by atoms with Gasteiger partial charge in [0.25, 0.3) is 0 Å². The van der Waals surface area contributed by atoms with Crippen molar-refractivity contribution in [3.63, 3.8) is 0 Å². The molecule has 0 radical (unpaired) electrons. The maximum Gasteiger partial charge on any atom is 0.336 e. The zero-order chi connectivity index (χ0) is 10.3. The Morgan fingerprint density at radius 1 is 1.57 bits per heavy atom. The summed E-state index contributed by atoms with van der Waals surface area (Å²) in [6, 6.07) is 3.09. The standard InChI is InChI=1S/C9H6BrNO3/c1-4-11-7-3-6(10)5(9(12)13)2-8(7)14-4/h2-3H,1H3,(H,12,13). The van der Waals surface area contributed by atoms with Crippen molar-refractivity contribution in [2.45, 2.75) is 6.92 Å². The molecule has 1 aromatic heterocycles. The number of fused-ring (bicyclic) bond motifs is 1. The van der Waals surface area contributed by atoms with Gasteiger partial charge < -0.3 is 9.52 Å². The number of hydrogen-bond donors (Lipinski definition) is 1. The van der Waals surface area contributed by atoms with Crippen LogP contribution in [0.2, 0.25) is 0 Å². The van der Waals surface area contributed by atoms with Crippen LogP contribution >= 0.6 is 15.9 Å². The van der Waals surface area contributed by atoms with Gasteiger partial charge in [0.2, 0.25) is 0 Å². The molecule has 2 rings (SSSR count). The van der Waals surface area contributed by atoms with Crippen molar-refractivity contribution in [1.29, 1.82) is 0 Å². The van der Waals surface area contributed by atoms with Crippen molar-refractivity contribution >= 4 is 33.0 Å². The molecule has 2 aromatic rings. The Balaban J connectivity index is 2.76. The smallest absolute Gasteiger partial charge is 0.336 e. The fourth-order valence-corrected chi connectivity index (χ4v) is 1.73. The van der Waals surface area contributed by atoms with E-state index in [0.717, 1.165) is 0 Å². The normalized spacial score (nSPS) is 10.7. The second-order valence-electron chi connectivity index (χ2n) is 2.84. The largest absolute Gasteiger partial charge is 0.478 e. The molecule has 5 heteroatoms. The molecule has 0 spiro atoms. The number of halogens is 1. The first-order valence-corrected chi connectivity index (χ1v) is 4.67. The van der Waals surface area contributed by atoms with Gasteiger partial charge in [0.15, 0.2) is 11.5 Å². The van der Waals surface area contributed by atoms with E-state index in [0.29, 0.717) is 21.5 Å². The molecule has 4 nitrogen and oxygen atoms in total. The van der Waals surface area contributed by atoms with Crippen LogP contribution in [0.25, 0.3) is 11.1 Å². The van der Waals surface area contributed by atoms with Crippen LogP contribution in [0.4, 0.5) is 0 Å². The topological polar surface area (TPSA) is 63.3 Å². The highest BCUT2D eigenvalue weighted by Crippen LogP contribution is 2.24. The molecular formula is C9H6BrNO3. The van der Waals surface area contributed by atoms with E-state index in [9.17, 15) is 4.79 Å². The average molecular weight is 256 g/mol. The van der Waals surface area contributed by atoms with Crippen LogP contribution in [0.5, 0.6) is 0 Å². The van der Waals surface area contributed by atoms with Gasteiger partial charge in [-0.2, -0.15) is 0 Å². The molecule has 0 fully saturated rings. The summed E-state index contributed by atoms with van der Waals surface area (Å²) in [4.78, 5) is 14.9. The van der Waals surface area contributed by atoms with Gasteiger partial charge in [0.1, 0.15) is 5.52 Å². The molecule has 0 aliphatic carbocycles. The second kappa shape index (κ2) is 3.09. The third-order valence-electron chi connectivity index (χ3n) is 1.81. The first-order valence-electron chi connectivity index (χ1n) is 3.88. The minimum atomic E-state index is -0.993. The van der Waals surface area contributed by atoms with Crippen molar-refractivity contribution in [3.8, 4) is 0 Å². The van der Waals surface area contributed by atoms with Crippen LogP contribution in [0.15, 0.2) is 21.0 Å². The van der Waals surface area contributed by atoms with E-state index in [-0.39, 0.29) is 5.56 Å². The van der Waals surface area contributed by atoms with Crippen molar-refractivity contribution in [2.24, 2.45) is 0 Å². The molecule has 1 aromatic carbocycles. The quantitative estimate of drug-likeness (QED) is 0.851. The first kappa shape index (κ1) is 9.21. The predicted octanol–water partition coefficient (Wildman–Crippen LogP) is 2.60. The van der Waals surface area contributed by atoms with Gasteiger partial charge in [-0.3, -0.25) is 0 Å². The van der Waals surface area contributed by atoms with Crippen molar-refractivity contribution in [2.75, 3.05) is 0 Å². The molecule has 0 atom stereocenters. The molecule has 72 valence electrons. The van der Waals surface area contributed by atoms with E-state index in [1.165, 1.54) is 6.07 Å². The van der Waals surface area contributed by atoms with E-state index < -0.39 is 5.97 Å².